The number of carbonyl (C=O) groups is 3. The van der Waals surface area contributed by atoms with Gasteiger partial charge in [-0.3, -0.25) is 14.4 Å². The molecule has 2 aromatic carbocycles. The number of hydrogen-bond donors (Lipinski definition) is 3. The van der Waals surface area contributed by atoms with E-state index in [2.05, 4.69) is 16.0 Å². The van der Waals surface area contributed by atoms with E-state index in [4.69, 9.17) is 4.74 Å². The topological polar surface area (TPSA) is 96.5 Å². The second-order valence-corrected chi connectivity index (χ2v) is 6.19. The summed E-state index contributed by atoms with van der Waals surface area (Å²) in [6, 6.07) is 13.5. The second-order valence-electron chi connectivity index (χ2n) is 6.19. The molecule has 27 heavy (non-hydrogen) atoms. The average molecular weight is 367 g/mol. The van der Waals surface area contributed by atoms with Gasteiger partial charge in [0.15, 0.2) is 0 Å². The predicted octanol–water partition coefficient (Wildman–Crippen LogP) is 1.84. The summed E-state index contributed by atoms with van der Waals surface area (Å²) in [6.45, 7) is 0.331. The summed E-state index contributed by atoms with van der Waals surface area (Å²) in [7, 11) is 1.58. The summed E-state index contributed by atoms with van der Waals surface area (Å²) in [5.74, 6) is -0.162. The zero-order valence-electron chi connectivity index (χ0n) is 15.0. The molecule has 0 radical (unpaired) electrons. The fourth-order valence-corrected chi connectivity index (χ4v) is 2.92. The van der Waals surface area contributed by atoms with Crippen LogP contribution in [0.5, 0.6) is 5.75 Å². The van der Waals surface area contributed by atoms with Crippen molar-refractivity contribution in [2.24, 2.45) is 0 Å². The van der Waals surface area contributed by atoms with Crippen molar-refractivity contribution in [3.8, 4) is 5.75 Å². The van der Waals surface area contributed by atoms with E-state index in [0.717, 1.165) is 5.56 Å². The number of rotatable bonds is 6. The first-order valence-electron chi connectivity index (χ1n) is 8.68. The largest absolute Gasteiger partial charge is 0.496 e. The Balaban J connectivity index is 1.54. The maximum Gasteiger partial charge on any atom is 0.254 e. The smallest absolute Gasteiger partial charge is 0.254 e. The van der Waals surface area contributed by atoms with E-state index in [-0.39, 0.29) is 30.6 Å². The third-order valence-corrected chi connectivity index (χ3v) is 4.38. The van der Waals surface area contributed by atoms with E-state index < -0.39 is 6.04 Å². The normalized spacial score (nSPS) is 15.8. The zero-order valence-corrected chi connectivity index (χ0v) is 15.0. The molecule has 7 heteroatoms. The van der Waals surface area contributed by atoms with Gasteiger partial charge in [-0.2, -0.15) is 0 Å². The molecule has 3 rings (SSSR count). The lowest BCUT2D eigenvalue weighted by Crippen LogP contribution is -2.42. The van der Waals surface area contributed by atoms with Crippen LogP contribution in [0.2, 0.25) is 0 Å². The summed E-state index contributed by atoms with van der Waals surface area (Å²) >= 11 is 0. The lowest BCUT2D eigenvalue weighted by molar-refractivity contribution is -0.122. The molecule has 1 heterocycles. The number of nitrogens with one attached hydrogen (secondary N) is 3. The van der Waals surface area contributed by atoms with Crippen LogP contribution in [0, 0.1) is 0 Å². The Kier molecular flexibility index (Phi) is 5.71. The van der Waals surface area contributed by atoms with Crippen LogP contribution >= 0.6 is 0 Å². The van der Waals surface area contributed by atoms with Crippen molar-refractivity contribution >= 4 is 23.4 Å². The lowest BCUT2D eigenvalue weighted by Gasteiger charge is -2.14. The van der Waals surface area contributed by atoms with Gasteiger partial charge in [0, 0.05) is 18.5 Å². The molecule has 0 saturated carbocycles. The van der Waals surface area contributed by atoms with Crippen LogP contribution in [0.1, 0.15) is 28.8 Å². The van der Waals surface area contributed by atoms with Crippen molar-refractivity contribution in [2.45, 2.75) is 25.4 Å². The zero-order chi connectivity index (χ0) is 19.2. The fourth-order valence-electron chi connectivity index (χ4n) is 2.92. The number of carbonyl (C=O) groups excluding carboxylic acids is 3. The molecule has 1 atom stereocenters. The molecule has 3 amide bonds. The molecular weight excluding hydrogens is 346 g/mol. The van der Waals surface area contributed by atoms with Crippen LogP contribution < -0.4 is 20.7 Å². The highest BCUT2D eigenvalue weighted by molar-refractivity contribution is 6.09. The van der Waals surface area contributed by atoms with Crippen molar-refractivity contribution < 1.29 is 19.1 Å². The van der Waals surface area contributed by atoms with Gasteiger partial charge < -0.3 is 20.7 Å². The molecule has 0 bridgehead atoms. The van der Waals surface area contributed by atoms with Gasteiger partial charge >= 0.3 is 0 Å². The molecule has 0 aromatic heterocycles. The molecule has 1 aliphatic rings. The Bertz CT molecular complexity index is 866. The second kappa shape index (κ2) is 8.35. The summed E-state index contributed by atoms with van der Waals surface area (Å²) in [5.41, 5.74) is 1.75. The average Bonchev–Trinajstić information content (AvgIpc) is 2.81. The minimum Gasteiger partial charge on any atom is -0.496 e. The molecule has 3 N–H and O–H groups in total. The SMILES string of the molecule is COc1ccccc1CNC(=O)CC[C@@H]1NC(=O)c2ccccc2NC1=O. The number of fused-ring (bicyclic) bond motifs is 1. The first-order valence-corrected chi connectivity index (χ1v) is 8.68. The van der Waals surface area contributed by atoms with Gasteiger partial charge in [0.05, 0.1) is 18.4 Å². The molecule has 140 valence electrons. The summed E-state index contributed by atoms with van der Waals surface area (Å²) in [4.78, 5) is 36.7. The van der Waals surface area contributed by atoms with Gasteiger partial charge in [-0.15, -0.1) is 0 Å². The molecule has 0 aliphatic carbocycles. The van der Waals surface area contributed by atoms with Gasteiger partial charge in [-0.1, -0.05) is 30.3 Å². The molecule has 0 spiro atoms. The fraction of sp³-hybridized carbons (Fsp3) is 0.250. The van der Waals surface area contributed by atoms with Crippen LogP contribution in [0.25, 0.3) is 0 Å². The number of anilines is 1. The quantitative estimate of drug-likeness (QED) is 0.726. The molecular formula is C20H21N3O4. The van der Waals surface area contributed by atoms with E-state index in [1.807, 2.05) is 24.3 Å². The van der Waals surface area contributed by atoms with Gasteiger partial charge in [0.2, 0.25) is 11.8 Å². The van der Waals surface area contributed by atoms with E-state index in [0.29, 0.717) is 23.5 Å². The Morgan fingerprint density at radius 2 is 1.85 bits per heavy atom. The third kappa shape index (κ3) is 4.44. The van der Waals surface area contributed by atoms with Crippen molar-refractivity contribution in [3.05, 3.63) is 59.7 Å². The Morgan fingerprint density at radius 3 is 2.67 bits per heavy atom. The van der Waals surface area contributed by atoms with Crippen LogP contribution in [-0.2, 0) is 16.1 Å². The van der Waals surface area contributed by atoms with Gasteiger partial charge in [0.25, 0.3) is 5.91 Å². The van der Waals surface area contributed by atoms with E-state index in [9.17, 15) is 14.4 Å². The Labute approximate surface area is 157 Å². The standard InChI is InChI=1S/C20H21N3O4/c1-27-17-9-5-2-6-13(17)12-21-18(24)11-10-16-20(26)22-15-8-4-3-7-14(15)19(25)23-16/h2-9,16H,10-12H2,1H3,(H,21,24)(H,22,26)(H,23,25)/t16-/m0/s1. The third-order valence-electron chi connectivity index (χ3n) is 4.38. The van der Waals surface area contributed by atoms with Crippen LogP contribution in [-0.4, -0.2) is 30.9 Å². The Morgan fingerprint density at radius 1 is 1.11 bits per heavy atom. The molecule has 0 unspecified atom stereocenters. The maximum absolute atomic E-state index is 12.3. The van der Waals surface area contributed by atoms with Crippen LogP contribution in [0.3, 0.4) is 0 Å². The number of hydrogen-bond acceptors (Lipinski definition) is 4. The van der Waals surface area contributed by atoms with Crippen molar-refractivity contribution in [1.29, 1.82) is 0 Å². The molecule has 0 saturated heterocycles. The summed E-state index contributed by atoms with van der Waals surface area (Å²) in [6.07, 6.45) is 0.327. The highest BCUT2D eigenvalue weighted by atomic mass is 16.5. The first-order chi connectivity index (χ1) is 13.1. The first kappa shape index (κ1) is 18.4. The molecule has 2 aromatic rings. The van der Waals surface area contributed by atoms with Gasteiger partial charge in [-0.25, -0.2) is 0 Å². The Hall–Kier alpha value is -3.35. The number of amides is 3. The van der Waals surface area contributed by atoms with Gasteiger partial charge in [-0.05, 0) is 24.6 Å². The monoisotopic (exact) mass is 367 g/mol. The summed E-state index contributed by atoms with van der Waals surface area (Å²) in [5, 5.41) is 8.22. The van der Waals surface area contributed by atoms with Crippen molar-refractivity contribution in [3.63, 3.8) is 0 Å². The van der Waals surface area contributed by atoms with Crippen molar-refractivity contribution in [1.82, 2.24) is 10.6 Å². The minimum absolute atomic E-state index is 0.115. The minimum atomic E-state index is -0.762. The number of benzene rings is 2. The van der Waals surface area contributed by atoms with Crippen LogP contribution in [0.4, 0.5) is 5.69 Å². The maximum atomic E-state index is 12.3. The number of methoxy groups -OCH3 is 1. The van der Waals surface area contributed by atoms with Crippen LogP contribution in [0.15, 0.2) is 48.5 Å². The van der Waals surface area contributed by atoms with Gasteiger partial charge in [0.1, 0.15) is 11.8 Å². The highest BCUT2D eigenvalue weighted by Crippen LogP contribution is 2.19. The molecule has 7 nitrogen and oxygen atoms in total. The van der Waals surface area contributed by atoms with E-state index in [1.165, 1.54) is 0 Å². The summed E-state index contributed by atoms with van der Waals surface area (Å²) < 4.78 is 5.25. The highest BCUT2D eigenvalue weighted by Gasteiger charge is 2.27. The lowest BCUT2D eigenvalue weighted by atomic mass is 10.1. The number of ether oxygens (including phenoxy) is 1. The predicted molar refractivity (Wildman–Crippen MR) is 100 cm³/mol. The van der Waals surface area contributed by atoms with E-state index >= 15 is 0 Å². The number of para-hydroxylation sites is 2. The molecule has 1 aliphatic heterocycles. The van der Waals surface area contributed by atoms with Crippen molar-refractivity contribution in [2.75, 3.05) is 12.4 Å². The van der Waals surface area contributed by atoms with E-state index in [1.54, 1.807) is 31.4 Å². The molecule has 0 fully saturated rings.